The van der Waals surface area contributed by atoms with Gasteiger partial charge in [-0.25, -0.2) is 9.97 Å². The minimum Gasteiger partial charge on any atom is -0.332 e. The van der Waals surface area contributed by atoms with Gasteiger partial charge in [0.25, 0.3) is 0 Å². The Morgan fingerprint density at radius 2 is 0.962 bits per heavy atom. The first-order valence-electron chi connectivity index (χ1n) is 17.8. The van der Waals surface area contributed by atoms with Gasteiger partial charge >= 0.3 is 0 Å². The third kappa shape index (κ3) is 4.91. The lowest BCUT2D eigenvalue weighted by Crippen LogP contribution is -2.23. The third-order valence-electron chi connectivity index (χ3n) is 10.4. The second kappa shape index (κ2) is 12.5. The summed E-state index contributed by atoms with van der Waals surface area (Å²) in [4.78, 5) is 15.5. The normalized spacial score (nSPS) is 15.6. The Kier molecular flexibility index (Phi) is 7.24. The molecule has 2 unspecified atom stereocenters. The van der Waals surface area contributed by atoms with E-state index in [2.05, 4.69) is 180 Å². The van der Waals surface area contributed by atoms with Gasteiger partial charge in [0, 0.05) is 34.4 Å². The molecule has 0 saturated heterocycles. The summed E-state index contributed by atoms with van der Waals surface area (Å²) in [6.45, 7) is 0. The number of fused-ring (bicyclic) bond motifs is 7. The standard InChI is InChI=1S/C48H34N4/c1-5-18-33(19-6-1)37-28-17-29-40-45-38-26-13-15-30-42(38)52(43-31-16-14-27-39(43)47(45)51(46(37)40)36-24-11-4-12-25-36)44-32-41(34-20-7-2-8-21-34)49-48(50-44)35-22-9-3-10-23-35/h1-32,45,47H. The van der Waals surface area contributed by atoms with Crippen LogP contribution in [0.25, 0.3) is 33.8 Å². The summed E-state index contributed by atoms with van der Waals surface area (Å²) in [5.41, 5.74) is 13.8. The third-order valence-corrected chi connectivity index (χ3v) is 10.4. The van der Waals surface area contributed by atoms with Gasteiger partial charge in [-0.1, -0.05) is 164 Å². The van der Waals surface area contributed by atoms with Crippen LogP contribution < -0.4 is 9.80 Å². The highest BCUT2D eigenvalue weighted by atomic mass is 15.3. The van der Waals surface area contributed by atoms with Gasteiger partial charge in [0.05, 0.1) is 28.8 Å². The Morgan fingerprint density at radius 3 is 1.65 bits per heavy atom. The number of hydrogen-bond acceptors (Lipinski definition) is 4. The summed E-state index contributed by atoms with van der Waals surface area (Å²) >= 11 is 0. The molecule has 246 valence electrons. The van der Waals surface area contributed by atoms with Crippen molar-refractivity contribution in [2.45, 2.75) is 12.0 Å². The number of aromatic nitrogens is 2. The fourth-order valence-corrected chi connectivity index (χ4v) is 8.22. The Bertz CT molecular complexity index is 2480. The molecule has 0 saturated carbocycles. The van der Waals surface area contributed by atoms with Gasteiger partial charge in [0.2, 0.25) is 0 Å². The van der Waals surface area contributed by atoms with Crippen molar-refractivity contribution in [2.75, 3.05) is 9.80 Å². The first-order chi connectivity index (χ1) is 25.8. The van der Waals surface area contributed by atoms with Crippen molar-refractivity contribution in [3.05, 3.63) is 211 Å². The van der Waals surface area contributed by atoms with E-state index in [-0.39, 0.29) is 12.0 Å². The van der Waals surface area contributed by atoms with Crippen LogP contribution in [0.3, 0.4) is 0 Å². The number of rotatable bonds is 5. The second-order valence-electron chi connectivity index (χ2n) is 13.4. The number of para-hydroxylation sites is 4. The maximum Gasteiger partial charge on any atom is 0.162 e. The molecule has 8 aromatic rings. The summed E-state index contributed by atoms with van der Waals surface area (Å²) in [5, 5.41) is 0. The van der Waals surface area contributed by atoms with Crippen LogP contribution in [0.15, 0.2) is 194 Å². The van der Waals surface area contributed by atoms with Crippen molar-refractivity contribution in [2.24, 2.45) is 0 Å². The van der Waals surface area contributed by atoms with Gasteiger partial charge in [-0.2, -0.15) is 0 Å². The number of hydrogen-bond donors (Lipinski definition) is 0. The molecule has 0 fully saturated rings. The molecular formula is C48H34N4. The molecule has 0 aliphatic carbocycles. The molecule has 4 nitrogen and oxygen atoms in total. The fraction of sp³-hybridized carbons (Fsp3) is 0.0417. The highest BCUT2D eigenvalue weighted by Crippen LogP contribution is 2.62. The Hall–Kier alpha value is -6.78. The molecule has 7 aromatic carbocycles. The summed E-state index contributed by atoms with van der Waals surface area (Å²) < 4.78 is 0. The zero-order chi connectivity index (χ0) is 34.4. The van der Waals surface area contributed by atoms with Crippen LogP contribution in [0, 0.1) is 0 Å². The summed E-state index contributed by atoms with van der Waals surface area (Å²) in [7, 11) is 0. The monoisotopic (exact) mass is 666 g/mol. The van der Waals surface area contributed by atoms with Gasteiger partial charge in [0.1, 0.15) is 5.82 Å². The van der Waals surface area contributed by atoms with Crippen LogP contribution >= 0.6 is 0 Å². The molecule has 2 aliphatic heterocycles. The van der Waals surface area contributed by atoms with Gasteiger partial charge < -0.3 is 4.90 Å². The maximum atomic E-state index is 5.36. The van der Waals surface area contributed by atoms with E-state index in [9.17, 15) is 0 Å². The van der Waals surface area contributed by atoms with E-state index in [0.29, 0.717) is 5.82 Å². The molecule has 2 atom stereocenters. The second-order valence-corrected chi connectivity index (χ2v) is 13.4. The van der Waals surface area contributed by atoms with Gasteiger partial charge in [-0.05, 0) is 46.5 Å². The van der Waals surface area contributed by atoms with Crippen molar-refractivity contribution in [3.63, 3.8) is 0 Å². The average molecular weight is 667 g/mol. The first kappa shape index (κ1) is 30.1. The molecule has 0 bridgehead atoms. The average Bonchev–Trinajstić information content (AvgIpc) is 3.51. The molecule has 0 N–H and O–H groups in total. The summed E-state index contributed by atoms with van der Waals surface area (Å²) in [5.74, 6) is 1.57. The molecule has 10 rings (SSSR count). The fourth-order valence-electron chi connectivity index (χ4n) is 8.22. The first-order valence-corrected chi connectivity index (χ1v) is 17.8. The number of nitrogens with zero attached hydrogens (tertiary/aromatic N) is 4. The van der Waals surface area contributed by atoms with E-state index >= 15 is 0 Å². The van der Waals surface area contributed by atoms with Gasteiger partial charge in [-0.3, -0.25) is 4.90 Å². The van der Waals surface area contributed by atoms with Gasteiger partial charge in [-0.15, -0.1) is 0 Å². The molecule has 3 heterocycles. The Balaban J connectivity index is 1.27. The van der Waals surface area contributed by atoms with Crippen LogP contribution in [-0.4, -0.2) is 9.97 Å². The van der Waals surface area contributed by atoms with Gasteiger partial charge in [0.15, 0.2) is 5.82 Å². The summed E-state index contributed by atoms with van der Waals surface area (Å²) in [6, 6.07) is 69.2. The number of benzene rings is 7. The lowest BCUT2D eigenvalue weighted by atomic mass is 9.84. The van der Waals surface area contributed by atoms with Crippen LogP contribution in [0.5, 0.6) is 0 Å². The highest BCUT2D eigenvalue weighted by Gasteiger charge is 2.47. The predicted molar refractivity (Wildman–Crippen MR) is 213 cm³/mol. The lowest BCUT2D eigenvalue weighted by Gasteiger charge is -2.32. The zero-order valence-corrected chi connectivity index (χ0v) is 28.4. The van der Waals surface area contributed by atoms with Crippen molar-refractivity contribution >= 4 is 28.6 Å². The molecule has 2 aliphatic rings. The van der Waals surface area contributed by atoms with E-state index in [4.69, 9.17) is 9.97 Å². The lowest BCUT2D eigenvalue weighted by molar-refractivity contribution is 0.665. The van der Waals surface area contributed by atoms with Crippen LogP contribution in [-0.2, 0) is 0 Å². The van der Waals surface area contributed by atoms with Crippen LogP contribution in [0.2, 0.25) is 0 Å². The van der Waals surface area contributed by atoms with Crippen molar-refractivity contribution in [3.8, 4) is 33.8 Å². The smallest absolute Gasteiger partial charge is 0.162 e. The SMILES string of the molecule is c1ccc(-c2cc(N3c4ccccc4C4c5cccc(-c6ccccc6)c5N(c5ccccc5)C4c4ccccc43)nc(-c3ccccc3)n2)cc1. The maximum absolute atomic E-state index is 5.36. The van der Waals surface area contributed by atoms with Crippen molar-refractivity contribution in [1.29, 1.82) is 0 Å². The topological polar surface area (TPSA) is 32.3 Å². The van der Waals surface area contributed by atoms with E-state index < -0.39 is 0 Å². The van der Waals surface area contributed by atoms with Crippen molar-refractivity contribution in [1.82, 2.24) is 9.97 Å². The molecule has 0 spiro atoms. The minimum absolute atomic E-state index is 0.0198. The largest absolute Gasteiger partial charge is 0.332 e. The van der Waals surface area contributed by atoms with Crippen molar-refractivity contribution < 1.29 is 0 Å². The molecule has 1 aromatic heterocycles. The van der Waals surface area contributed by atoms with E-state index in [1.807, 2.05) is 24.3 Å². The molecule has 0 amide bonds. The van der Waals surface area contributed by atoms with E-state index in [1.165, 1.54) is 39.2 Å². The number of anilines is 5. The molecule has 4 heteroatoms. The molecule has 0 radical (unpaired) electrons. The predicted octanol–water partition coefficient (Wildman–Crippen LogP) is 12.3. The highest BCUT2D eigenvalue weighted by molar-refractivity contribution is 5.93. The molecule has 52 heavy (non-hydrogen) atoms. The Labute approximate surface area is 304 Å². The Morgan fingerprint density at radius 1 is 0.423 bits per heavy atom. The minimum atomic E-state index is -0.0198. The molecular weight excluding hydrogens is 633 g/mol. The zero-order valence-electron chi connectivity index (χ0n) is 28.4. The quantitative estimate of drug-likeness (QED) is 0.183. The van der Waals surface area contributed by atoms with E-state index in [0.717, 1.165) is 34.0 Å². The van der Waals surface area contributed by atoms with E-state index in [1.54, 1.807) is 0 Å². The van der Waals surface area contributed by atoms with Crippen LogP contribution in [0.4, 0.5) is 28.6 Å². The summed E-state index contributed by atoms with van der Waals surface area (Å²) in [6.07, 6.45) is 0. The van der Waals surface area contributed by atoms with Crippen LogP contribution in [0.1, 0.15) is 28.7 Å².